The second kappa shape index (κ2) is 9.83. The Morgan fingerprint density at radius 2 is 1.74 bits per heavy atom. The summed E-state index contributed by atoms with van der Waals surface area (Å²) in [6.45, 7) is 3.59. The van der Waals surface area contributed by atoms with E-state index in [1.807, 2.05) is 0 Å². The zero-order valence-corrected chi connectivity index (χ0v) is 19.5. The summed E-state index contributed by atoms with van der Waals surface area (Å²) in [4.78, 5) is 16.5. The van der Waals surface area contributed by atoms with E-state index in [4.69, 9.17) is 0 Å². The summed E-state index contributed by atoms with van der Waals surface area (Å²) in [5, 5.41) is 2.10. The van der Waals surface area contributed by atoms with Crippen LogP contribution in [-0.2, 0) is 6.42 Å². The highest BCUT2D eigenvalue weighted by Gasteiger charge is 2.27. The number of Topliss-reactive ketones (excluding diaryl/α,β-unsaturated/α-hetero) is 1. The van der Waals surface area contributed by atoms with E-state index in [9.17, 15) is 4.79 Å². The van der Waals surface area contributed by atoms with Crippen LogP contribution in [0.5, 0.6) is 0 Å². The minimum absolute atomic E-state index is 0.281. The Labute approximate surface area is 191 Å². The fourth-order valence-corrected chi connectivity index (χ4v) is 6.80. The minimum Gasteiger partial charge on any atom is -0.303 e. The second-order valence-electron chi connectivity index (χ2n) is 9.74. The Hall–Kier alpha value is -1.71. The molecular weight excluding hydrogens is 398 g/mol. The van der Waals surface area contributed by atoms with E-state index < -0.39 is 0 Å². The van der Waals surface area contributed by atoms with Crippen molar-refractivity contribution >= 4 is 22.7 Å². The Bertz CT molecular complexity index is 939. The monoisotopic (exact) mass is 433 g/mol. The molecule has 0 amide bonds. The number of benzene rings is 1. The molecule has 2 aromatic rings. The van der Waals surface area contributed by atoms with E-state index >= 15 is 0 Å². The number of nitrogens with zero attached hydrogens (tertiary/aromatic N) is 1. The van der Waals surface area contributed by atoms with Crippen molar-refractivity contribution < 1.29 is 4.79 Å². The maximum absolute atomic E-state index is 12.9. The van der Waals surface area contributed by atoms with Gasteiger partial charge in [0.2, 0.25) is 0 Å². The van der Waals surface area contributed by atoms with Gasteiger partial charge < -0.3 is 4.90 Å². The maximum atomic E-state index is 12.9. The molecule has 2 fully saturated rings. The molecule has 31 heavy (non-hydrogen) atoms. The number of likely N-dealkylation sites (tertiary alicyclic amines) is 1. The summed E-state index contributed by atoms with van der Waals surface area (Å²) in [5.74, 6) is 1.30. The van der Waals surface area contributed by atoms with Crippen molar-refractivity contribution in [2.24, 2.45) is 5.92 Å². The molecule has 1 saturated carbocycles. The standard InChI is InChI=1S/C28H35NOS/c30-26-20-23-11-4-5-12-24(23)27(25-15-19-31-28(25)26)22-13-17-29(18-14-22)16-7-6-10-21-8-2-1-3-9-21/h4-5,11-12,15,19,21H,1-3,6-10,13-14,16-18,20H2. The molecular formula is C28H35NOS. The molecule has 0 atom stereocenters. The third-order valence-corrected chi connectivity index (χ3v) is 8.66. The molecule has 2 aliphatic carbocycles. The van der Waals surface area contributed by atoms with Crippen molar-refractivity contribution in [3.63, 3.8) is 0 Å². The van der Waals surface area contributed by atoms with Crippen molar-refractivity contribution in [1.29, 1.82) is 0 Å². The van der Waals surface area contributed by atoms with Crippen LogP contribution in [0.2, 0.25) is 0 Å². The number of fused-ring (bicyclic) bond motifs is 2. The Kier molecular flexibility index (Phi) is 6.71. The van der Waals surface area contributed by atoms with Crippen molar-refractivity contribution in [1.82, 2.24) is 4.90 Å². The largest absolute Gasteiger partial charge is 0.303 e. The lowest BCUT2D eigenvalue weighted by Crippen LogP contribution is -2.32. The summed E-state index contributed by atoms with van der Waals surface area (Å²) in [6, 6.07) is 10.8. The summed E-state index contributed by atoms with van der Waals surface area (Å²) in [6.07, 6.45) is 14.4. The first kappa shape index (κ1) is 21.2. The Morgan fingerprint density at radius 3 is 2.58 bits per heavy atom. The number of carbonyl (C=O) groups is 1. The van der Waals surface area contributed by atoms with Gasteiger partial charge in [-0.25, -0.2) is 0 Å². The van der Waals surface area contributed by atoms with Crippen LogP contribution in [0.15, 0.2) is 41.3 Å². The summed E-state index contributed by atoms with van der Waals surface area (Å²) in [7, 11) is 0. The van der Waals surface area contributed by atoms with E-state index in [-0.39, 0.29) is 5.78 Å². The lowest BCUT2D eigenvalue weighted by Gasteiger charge is -2.30. The highest BCUT2D eigenvalue weighted by atomic mass is 32.1. The van der Waals surface area contributed by atoms with E-state index in [0.29, 0.717) is 6.42 Å². The molecule has 2 nitrogen and oxygen atoms in total. The van der Waals surface area contributed by atoms with Crippen LogP contribution < -0.4 is 0 Å². The van der Waals surface area contributed by atoms with Crippen LogP contribution in [0.3, 0.4) is 0 Å². The lowest BCUT2D eigenvalue weighted by molar-refractivity contribution is 0.0997. The second-order valence-corrected chi connectivity index (χ2v) is 10.7. The fraction of sp³-hybridized carbons (Fsp3) is 0.536. The zero-order chi connectivity index (χ0) is 21.0. The highest BCUT2D eigenvalue weighted by molar-refractivity contribution is 7.12. The van der Waals surface area contributed by atoms with Crippen molar-refractivity contribution in [2.75, 3.05) is 19.6 Å². The van der Waals surface area contributed by atoms with Gasteiger partial charge in [-0.05, 0) is 59.9 Å². The predicted octanol–water partition coefficient (Wildman–Crippen LogP) is 7.14. The molecule has 1 saturated heterocycles. The number of unbranched alkanes of at least 4 members (excludes halogenated alkanes) is 1. The SMILES string of the molecule is O=C1Cc2ccccc2C(=C2CCN(CCCCC3CCCCC3)CC2)c2ccsc21. The van der Waals surface area contributed by atoms with Crippen LogP contribution in [0.1, 0.15) is 90.6 Å². The van der Waals surface area contributed by atoms with Crippen molar-refractivity contribution in [3.8, 4) is 0 Å². The molecule has 0 radical (unpaired) electrons. The first-order chi connectivity index (χ1) is 15.3. The first-order valence-corrected chi connectivity index (χ1v) is 13.3. The quantitative estimate of drug-likeness (QED) is 0.467. The normalized spacial score (nSPS) is 20.5. The highest BCUT2D eigenvalue weighted by Crippen LogP contribution is 2.40. The summed E-state index contributed by atoms with van der Waals surface area (Å²) < 4.78 is 0. The number of hydrogen-bond acceptors (Lipinski definition) is 3. The van der Waals surface area contributed by atoms with Gasteiger partial charge in [0.15, 0.2) is 5.78 Å². The van der Waals surface area contributed by atoms with Crippen LogP contribution >= 0.6 is 11.3 Å². The molecule has 0 N–H and O–H groups in total. The van der Waals surface area contributed by atoms with Crippen LogP contribution in [0, 0.1) is 5.92 Å². The molecule has 2 heterocycles. The van der Waals surface area contributed by atoms with Gasteiger partial charge in [-0.3, -0.25) is 4.79 Å². The van der Waals surface area contributed by atoms with Gasteiger partial charge in [-0.2, -0.15) is 0 Å². The lowest BCUT2D eigenvalue weighted by atomic mass is 9.85. The van der Waals surface area contributed by atoms with Gasteiger partial charge in [-0.15, -0.1) is 11.3 Å². The van der Waals surface area contributed by atoms with Crippen molar-refractivity contribution in [3.05, 3.63) is 62.9 Å². The van der Waals surface area contributed by atoms with Gasteiger partial charge in [0.05, 0.1) is 4.88 Å². The first-order valence-electron chi connectivity index (χ1n) is 12.4. The minimum atomic E-state index is 0.281. The van der Waals surface area contributed by atoms with Crippen LogP contribution in [-0.4, -0.2) is 30.3 Å². The molecule has 0 spiro atoms. The number of thiophene rings is 1. The predicted molar refractivity (Wildman–Crippen MR) is 131 cm³/mol. The average Bonchev–Trinajstić information content (AvgIpc) is 3.25. The third-order valence-electron chi connectivity index (χ3n) is 7.70. The Morgan fingerprint density at radius 1 is 0.935 bits per heavy atom. The number of ketones is 1. The van der Waals surface area contributed by atoms with Crippen LogP contribution in [0.4, 0.5) is 0 Å². The van der Waals surface area contributed by atoms with E-state index in [1.165, 1.54) is 80.2 Å². The van der Waals surface area contributed by atoms with E-state index in [0.717, 1.165) is 36.7 Å². The summed E-state index contributed by atoms with van der Waals surface area (Å²) >= 11 is 1.62. The van der Waals surface area contributed by atoms with E-state index in [2.05, 4.69) is 40.6 Å². The van der Waals surface area contributed by atoms with E-state index in [1.54, 1.807) is 16.9 Å². The van der Waals surface area contributed by atoms with Gasteiger partial charge in [0, 0.05) is 25.1 Å². The number of carbonyl (C=O) groups excluding carboxylic acids is 1. The number of piperidine rings is 1. The maximum Gasteiger partial charge on any atom is 0.177 e. The molecule has 1 aromatic heterocycles. The summed E-state index contributed by atoms with van der Waals surface area (Å²) in [5.41, 5.74) is 6.61. The molecule has 164 valence electrons. The molecule has 3 heteroatoms. The molecule has 5 rings (SSSR count). The molecule has 1 aromatic carbocycles. The van der Waals surface area contributed by atoms with Crippen molar-refractivity contribution in [2.45, 2.75) is 70.6 Å². The zero-order valence-electron chi connectivity index (χ0n) is 18.7. The molecule has 0 bridgehead atoms. The Balaban J connectivity index is 1.25. The topological polar surface area (TPSA) is 20.3 Å². The van der Waals surface area contributed by atoms with Gasteiger partial charge in [0.25, 0.3) is 0 Å². The third kappa shape index (κ3) is 4.73. The average molecular weight is 434 g/mol. The van der Waals surface area contributed by atoms with Gasteiger partial charge in [0.1, 0.15) is 0 Å². The van der Waals surface area contributed by atoms with Crippen LogP contribution in [0.25, 0.3) is 5.57 Å². The molecule has 0 unspecified atom stereocenters. The molecule has 1 aliphatic heterocycles. The smallest absolute Gasteiger partial charge is 0.177 e. The molecule has 3 aliphatic rings. The fourth-order valence-electron chi connectivity index (χ4n) is 5.96. The van der Waals surface area contributed by atoms with Gasteiger partial charge >= 0.3 is 0 Å². The number of hydrogen-bond donors (Lipinski definition) is 0. The number of rotatable bonds is 5. The van der Waals surface area contributed by atoms with Gasteiger partial charge in [-0.1, -0.05) is 74.8 Å².